The van der Waals surface area contributed by atoms with E-state index in [-0.39, 0.29) is 6.61 Å². The predicted octanol–water partition coefficient (Wildman–Crippen LogP) is 1.39. The van der Waals surface area contributed by atoms with Crippen LogP contribution < -0.4 is 10.6 Å². The fourth-order valence-electron chi connectivity index (χ4n) is 2.27. The molecule has 2 aromatic heterocycles. The maximum Gasteiger partial charge on any atom is 0.152 e. The van der Waals surface area contributed by atoms with Crippen LogP contribution in [0.5, 0.6) is 0 Å². The van der Waals surface area contributed by atoms with Gasteiger partial charge in [0, 0.05) is 32.9 Å². The number of aliphatic hydroxyl groups is 1. The van der Waals surface area contributed by atoms with Crippen molar-refractivity contribution in [2.24, 2.45) is 5.73 Å². The molecule has 0 aromatic carbocycles. The minimum Gasteiger partial charge on any atom is -0.396 e. The van der Waals surface area contributed by atoms with Crippen molar-refractivity contribution in [3.8, 4) is 0 Å². The van der Waals surface area contributed by atoms with Crippen LogP contribution in [-0.4, -0.2) is 34.7 Å². The summed E-state index contributed by atoms with van der Waals surface area (Å²) in [7, 11) is 2.04. The summed E-state index contributed by atoms with van der Waals surface area (Å²) in [5.74, 6) is 0.956. The Hall–Kier alpha value is -1.59. The number of pyridine rings is 1. The van der Waals surface area contributed by atoms with Crippen molar-refractivity contribution in [1.29, 1.82) is 0 Å². The van der Waals surface area contributed by atoms with Gasteiger partial charge in [-0.3, -0.25) is 0 Å². The number of anilines is 1. The number of unbranched alkanes of at least 4 members (excludes halogenated alkanes) is 2. The Balaban J connectivity index is 2.14. The second-order valence-corrected chi connectivity index (χ2v) is 4.72. The number of aromatic nitrogens is 2. The molecule has 0 aliphatic rings. The lowest BCUT2D eigenvalue weighted by Gasteiger charge is -2.17. The summed E-state index contributed by atoms with van der Waals surface area (Å²) in [5.41, 5.74) is 7.83. The third-order valence-corrected chi connectivity index (χ3v) is 3.31. The van der Waals surface area contributed by atoms with Crippen LogP contribution in [0.4, 0.5) is 5.82 Å². The van der Waals surface area contributed by atoms with Crippen LogP contribution in [0.3, 0.4) is 0 Å². The molecule has 0 unspecified atom stereocenters. The summed E-state index contributed by atoms with van der Waals surface area (Å²) in [6.07, 6.45) is 4.94. The predicted molar refractivity (Wildman–Crippen MR) is 77.3 cm³/mol. The summed E-state index contributed by atoms with van der Waals surface area (Å²) in [6, 6.07) is 5.95. The average molecular weight is 262 g/mol. The summed E-state index contributed by atoms with van der Waals surface area (Å²) in [4.78, 5) is 6.79. The zero-order valence-electron chi connectivity index (χ0n) is 11.4. The van der Waals surface area contributed by atoms with E-state index < -0.39 is 0 Å². The van der Waals surface area contributed by atoms with Crippen molar-refractivity contribution in [2.75, 3.05) is 25.1 Å². The van der Waals surface area contributed by atoms with Gasteiger partial charge >= 0.3 is 0 Å². The zero-order chi connectivity index (χ0) is 13.7. The Labute approximate surface area is 113 Å². The van der Waals surface area contributed by atoms with Gasteiger partial charge in [-0.1, -0.05) is 6.07 Å². The smallest absolute Gasteiger partial charge is 0.152 e. The largest absolute Gasteiger partial charge is 0.396 e. The molecule has 0 amide bonds. The van der Waals surface area contributed by atoms with E-state index in [0.29, 0.717) is 6.54 Å². The lowest BCUT2D eigenvalue weighted by atomic mass is 10.2. The molecule has 2 heterocycles. The van der Waals surface area contributed by atoms with Gasteiger partial charge in [-0.25, -0.2) is 4.98 Å². The van der Waals surface area contributed by atoms with Crippen LogP contribution in [0.25, 0.3) is 5.65 Å². The van der Waals surface area contributed by atoms with Gasteiger partial charge in [-0.05, 0) is 31.4 Å². The number of nitrogens with two attached hydrogens (primary N) is 1. The highest BCUT2D eigenvalue weighted by Gasteiger charge is 2.13. The van der Waals surface area contributed by atoms with Crippen molar-refractivity contribution < 1.29 is 5.11 Å². The van der Waals surface area contributed by atoms with Crippen LogP contribution in [0, 0.1) is 0 Å². The molecule has 2 aromatic rings. The molecule has 104 valence electrons. The average Bonchev–Trinajstić information content (AvgIpc) is 2.82. The van der Waals surface area contributed by atoms with E-state index in [1.807, 2.05) is 35.8 Å². The SMILES string of the molecule is CN(CCCCCO)c1nc2ccccn2c1CN. The molecule has 0 saturated heterocycles. The number of hydrogen-bond acceptors (Lipinski definition) is 4. The third kappa shape index (κ3) is 3.05. The Morgan fingerprint density at radius 2 is 2.16 bits per heavy atom. The van der Waals surface area contributed by atoms with Crippen molar-refractivity contribution in [3.63, 3.8) is 0 Å². The van der Waals surface area contributed by atoms with E-state index in [0.717, 1.165) is 43.0 Å². The molecule has 0 spiro atoms. The first kappa shape index (κ1) is 13.8. The van der Waals surface area contributed by atoms with E-state index in [4.69, 9.17) is 10.8 Å². The molecule has 0 saturated carbocycles. The van der Waals surface area contributed by atoms with Crippen molar-refractivity contribution in [3.05, 3.63) is 30.1 Å². The normalized spacial score (nSPS) is 11.1. The van der Waals surface area contributed by atoms with Gasteiger partial charge in [0.1, 0.15) is 5.65 Å². The highest BCUT2D eigenvalue weighted by atomic mass is 16.2. The minimum absolute atomic E-state index is 0.270. The van der Waals surface area contributed by atoms with Gasteiger partial charge in [-0.15, -0.1) is 0 Å². The number of rotatable bonds is 7. The van der Waals surface area contributed by atoms with Crippen LogP contribution in [-0.2, 0) is 6.54 Å². The standard InChI is InChI=1S/C14H22N4O/c1-17(8-4-2-6-10-19)14-12(11-15)18-9-5-3-7-13(18)16-14/h3,5,7,9,19H,2,4,6,8,10-11,15H2,1H3. The monoisotopic (exact) mass is 262 g/mol. The first-order valence-corrected chi connectivity index (χ1v) is 6.76. The van der Waals surface area contributed by atoms with Gasteiger partial charge in [0.25, 0.3) is 0 Å². The van der Waals surface area contributed by atoms with Crippen molar-refractivity contribution >= 4 is 11.5 Å². The second-order valence-electron chi connectivity index (χ2n) is 4.72. The van der Waals surface area contributed by atoms with Gasteiger partial charge < -0.3 is 20.1 Å². The molecule has 0 fully saturated rings. The summed E-state index contributed by atoms with van der Waals surface area (Å²) in [6.45, 7) is 1.67. The lowest BCUT2D eigenvalue weighted by molar-refractivity contribution is 0.283. The van der Waals surface area contributed by atoms with Gasteiger partial charge in [-0.2, -0.15) is 0 Å². The fourth-order valence-corrected chi connectivity index (χ4v) is 2.27. The number of imidazole rings is 1. The third-order valence-electron chi connectivity index (χ3n) is 3.31. The number of nitrogens with zero attached hydrogens (tertiary/aromatic N) is 3. The van der Waals surface area contributed by atoms with Gasteiger partial charge in [0.2, 0.25) is 0 Å². The highest BCUT2D eigenvalue weighted by molar-refractivity contribution is 5.55. The van der Waals surface area contributed by atoms with Crippen molar-refractivity contribution in [1.82, 2.24) is 9.38 Å². The Morgan fingerprint density at radius 1 is 1.32 bits per heavy atom. The van der Waals surface area contributed by atoms with Gasteiger partial charge in [0.15, 0.2) is 5.82 Å². The molecule has 0 bridgehead atoms. The highest BCUT2D eigenvalue weighted by Crippen LogP contribution is 2.20. The number of fused-ring (bicyclic) bond motifs is 1. The summed E-state index contributed by atoms with van der Waals surface area (Å²) < 4.78 is 2.04. The topological polar surface area (TPSA) is 66.8 Å². The maximum atomic E-state index is 8.78. The van der Waals surface area contributed by atoms with Crippen LogP contribution in [0.15, 0.2) is 24.4 Å². The number of hydrogen-bond donors (Lipinski definition) is 2. The molecule has 19 heavy (non-hydrogen) atoms. The molecule has 5 nitrogen and oxygen atoms in total. The molecule has 0 atom stereocenters. The molecule has 0 aliphatic heterocycles. The Morgan fingerprint density at radius 3 is 2.89 bits per heavy atom. The van der Waals surface area contributed by atoms with Crippen LogP contribution in [0.1, 0.15) is 25.0 Å². The molecule has 0 radical (unpaired) electrons. The Bertz CT molecular complexity index is 523. The summed E-state index contributed by atoms with van der Waals surface area (Å²) in [5, 5.41) is 8.78. The first-order chi connectivity index (χ1) is 9.27. The van der Waals surface area contributed by atoms with E-state index >= 15 is 0 Å². The number of aliphatic hydroxyl groups excluding tert-OH is 1. The van der Waals surface area contributed by atoms with Crippen LogP contribution in [0.2, 0.25) is 0 Å². The molecular formula is C14H22N4O. The molecule has 3 N–H and O–H groups in total. The molecule has 5 heteroatoms. The second kappa shape index (κ2) is 6.54. The molecular weight excluding hydrogens is 240 g/mol. The fraction of sp³-hybridized carbons (Fsp3) is 0.500. The zero-order valence-corrected chi connectivity index (χ0v) is 11.4. The minimum atomic E-state index is 0.270. The van der Waals surface area contributed by atoms with E-state index in [1.54, 1.807) is 0 Å². The van der Waals surface area contributed by atoms with Gasteiger partial charge in [0.05, 0.1) is 5.69 Å². The van der Waals surface area contributed by atoms with Crippen LogP contribution >= 0.6 is 0 Å². The van der Waals surface area contributed by atoms with E-state index in [1.165, 1.54) is 0 Å². The summed E-state index contributed by atoms with van der Waals surface area (Å²) >= 11 is 0. The molecule has 2 rings (SSSR count). The molecule has 0 aliphatic carbocycles. The lowest BCUT2D eigenvalue weighted by Crippen LogP contribution is -2.21. The quantitative estimate of drug-likeness (QED) is 0.740. The van der Waals surface area contributed by atoms with E-state index in [2.05, 4.69) is 9.88 Å². The Kier molecular flexibility index (Phi) is 4.76. The van der Waals surface area contributed by atoms with Crippen molar-refractivity contribution in [2.45, 2.75) is 25.8 Å². The first-order valence-electron chi connectivity index (χ1n) is 6.76. The maximum absolute atomic E-state index is 8.78. The van der Waals surface area contributed by atoms with E-state index in [9.17, 15) is 0 Å².